The molecule has 30 heavy (non-hydrogen) atoms. The van der Waals surface area contributed by atoms with Crippen molar-refractivity contribution in [2.75, 3.05) is 6.54 Å². The average Bonchev–Trinajstić information content (AvgIpc) is 3.06. The van der Waals surface area contributed by atoms with E-state index < -0.39 is 35.6 Å². The van der Waals surface area contributed by atoms with Crippen LogP contribution in [0.4, 0.5) is 0 Å². The first-order valence-corrected chi connectivity index (χ1v) is 10.4. The minimum absolute atomic E-state index is 0.0433. The van der Waals surface area contributed by atoms with E-state index >= 15 is 0 Å². The number of aromatic nitrogens is 2. The van der Waals surface area contributed by atoms with E-state index in [2.05, 4.69) is 10.3 Å². The van der Waals surface area contributed by atoms with Gasteiger partial charge in [0.15, 0.2) is 0 Å². The Balaban J connectivity index is 1.67. The number of halogens is 2. The molecule has 0 aliphatic carbocycles. The molecule has 1 fully saturated rings. The molecule has 162 valence electrons. The molecule has 1 aromatic carbocycles. The number of benzene rings is 1. The van der Waals surface area contributed by atoms with Gasteiger partial charge in [0, 0.05) is 40.3 Å². The van der Waals surface area contributed by atoms with Crippen LogP contribution in [0.1, 0.15) is 43.5 Å². The molecule has 2 heterocycles. The standard InChI is InChI=1S/C20H23Cl2N3O5/c1-3-11-9-25(20(29)24-19(11)28)16-7-14(26)15(30-16)8-23-18(27)10(2)17-12(21)5-4-6-13(17)22/h4-6,9-10,14-16,26H,3,7-8H2,1-2H3,(H,23,27)(H,24,28,29)/t10-,14?,15-,16-/m0/s1. The van der Waals surface area contributed by atoms with Crippen molar-refractivity contribution < 1.29 is 14.6 Å². The maximum Gasteiger partial charge on any atom is 0.330 e. The summed E-state index contributed by atoms with van der Waals surface area (Å²) >= 11 is 12.3. The number of nitrogens with one attached hydrogen (secondary N) is 2. The predicted molar refractivity (Wildman–Crippen MR) is 113 cm³/mol. The quantitative estimate of drug-likeness (QED) is 0.615. The summed E-state index contributed by atoms with van der Waals surface area (Å²) in [7, 11) is 0. The molecule has 2 aromatic rings. The number of carbonyl (C=O) groups excluding carboxylic acids is 1. The molecule has 0 bridgehead atoms. The molecule has 4 atom stereocenters. The van der Waals surface area contributed by atoms with Gasteiger partial charge in [-0.05, 0) is 25.5 Å². The zero-order valence-corrected chi connectivity index (χ0v) is 18.0. The van der Waals surface area contributed by atoms with Crippen LogP contribution < -0.4 is 16.6 Å². The number of rotatable bonds is 6. The minimum Gasteiger partial charge on any atom is -0.390 e. The van der Waals surface area contributed by atoms with Crippen LogP contribution in [0.3, 0.4) is 0 Å². The van der Waals surface area contributed by atoms with E-state index in [9.17, 15) is 19.5 Å². The van der Waals surface area contributed by atoms with Gasteiger partial charge in [0.05, 0.1) is 12.0 Å². The molecule has 8 nitrogen and oxygen atoms in total. The second-order valence-corrected chi connectivity index (χ2v) is 8.02. The first-order chi connectivity index (χ1) is 14.2. The Morgan fingerprint density at radius 1 is 1.37 bits per heavy atom. The van der Waals surface area contributed by atoms with Crippen LogP contribution in [-0.2, 0) is 16.0 Å². The summed E-state index contributed by atoms with van der Waals surface area (Å²) < 4.78 is 7.05. The Bertz CT molecular complexity index is 1030. The van der Waals surface area contributed by atoms with Crippen LogP contribution >= 0.6 is 23.2 Å². The van der Waals surface area contributed by atoms with Crippen molar-refractivity contribution in [2.45, 2.75) is 51.0 Å². The molecule has 0 saturated carbocycles. The summed E-state index contributed by atoms with van der Waals surface area (Å²) in [6, 6.07) is 5.02. The molecule has 1 unspecified atom stereocenters. The lowest BCUT2D eigenvalue weighted by molar-refractivity contribution is -0.123. The van der Waals surface area contributed by atoms with Crippen LogP contribution in [0.15, 0.2) is 34.0 Å². The van der Waals surface area contributed by atoms with Crippen molar-refractivity contribution in [3.63, 3.8) is 0 Å². The van der Waals surface area contributed by atoms with Crippen molar-refractivity contribution in [3.05, 3.63) is 66.4 Å². The third-order valence-corrected chi connectivity index (χ3v) is 5.90. The van der Waals surface area contributed by atoms with E-state index in [1.54, 1.807) is 32.0 Å². The molecule has 1 aliphatic rings. The van der Waals surface area contributed by atoms with Crippen molar-refractivity contribution in [2.24, 2.45) is 0 Å². The van der Waals surface area contributed by atoms with Gasteiger partial charge in [-0.1, -0.05) is 36.2 Å². The Labute approximate surface area is 182 Å². The summed E-state index contributed by atoms with van der Waals surface area (Å²) in [4.78, 5) is 38.7. The van der Waals surface area contributed by atoms with Gasteiger partial charge in [0.2, 0.25) is 5.91 Å². The van der Waals surface area contributed by atoms with Crippen molar-refractivity contribution in [1.29, 1.82) is 0 Å². The third kappa shape index (κ3) is 4.62. The molecule has 1 aromatic heterocycles. The summed E-state index contributed by atoms with van der Waals surface area (Å²) in [5, 5.41) is 13.9. The van der Waals surface area contributed by atoms with Crippen LogP contribution in [0.2, 0.25) is 10.0 Å². The lowest BCUT2D eigenvalue weighted by atomic mass is 10.00. The Morgan fingerprint density at radius 2 is 2.03 bits per heavy atom. The van der Waals surface area contributed by atoms with E-state index in [1.807, 2.05) is 0 Å². The average molecular weight is 456 g/mol. The highest BCUT2D eigenvalue weighted by Gasteiger charge is 2.36. The Morgan fingerprint density at radius 3 is 2.67 bits per heavy atom. The number of aliphatic hydroxyl groups is 1. The molecule has 1 saturated heterocycles. The van der Waals surface area contributed by atoms with Crippen molar-refractivity contribution >= 4 is 29.1 Å². The van der Waals surface area contributed by atoms with E-state index in [1.165, 1.54) is 10.8 Å². The van der Waals surface area contributed by atoms with E-state index in [-0.39, 0.29) is 18.9 Å². The van der Waals surface area contributed by atoms with E-state index in [0.717, 1.165) is 0 Å². The smallest absolute Gasteiger partial charge is 0.330 e. The number of nitrogens with zero attached hydrogens (tertiary/aromatic N) is 1. The number of hydrogen-bond donors (Lipinski definition) is 3. The molecule has 1 aliphatic heterocycles. The highest BCUT2D eigenvalue weighted by atomic mass is 35.5. The summed E-state index contributed by atoms with van der Waals surface area (Å²) in [6.45, 7) is 3.53. The number of hydrogen-bond acceptors (Lipinski definition) is 5. The molecule has 3 rings (SSSR count). The second kappa shape index (κ2) is 9.34. The second-order valence-electron chi connectivity index (χ2n) is 7.21. The largest absolute Gasteiger partial charge is 0.390 e. The van der Waals surface area contributed by atoms with Gasteiger partial charge >= 0.3 is 5.69 Å². The van der Waals surface area contributed by atoms with Crippen LogP contribution in [0.5, 0.6) is 0 Å². The maximum atomic E-state index is 12.6. The molecule has 1 amide bonds. The van der Waals surface area contributed by atoms with Gasteiger partial charge in [-0.25, -0.2) is 4.79 Å². The Kier molecular flexibility index (Phi) is 7.02. The highest BCUT2D eigenvalue weighted by molar-refractivity contribution is 6.36. The van der Waals surface area contributed by atoms with E-state index in [4.69, 9.17) is 27.9 Å². The molecule has 3 N–H and O–H groups in total. The fraction of sp³-hybridized carbons (Fsp3) is 0.450. The highest BCUT2D eigenvalue weighted by Crippen LogP contribution is 2.32. The van der Waals surface area contributed by atoms with Crippen molar-refractivity contribution in [3.8, 4) is 0 Å². The van der Waals surface area contributed by atoms with Gasteiger partial charge < -0.3 is 15.2 Å². The fourth-order valence-electron chi connectivity index (χ4n) is 3.47. The summed E-state index contributed by atoms with van der Waals surface area (Å²) in [5.74, 6) is -0.923. The number of aromatic amines is 1. The zero-order valence-electron chi connectivity index (χ0n) is 16.5. The Hall–Kier alpha value is -2.13. The summed E-state index contributed by atoms with van der Waals surface area (Å²) in [5.41, 5.74) is -0.0831. The molecule has 0 spiro atoms. The molecular weight excluding hydrogens is 433 g/mol. The third-order valence-electron chi connectivity index (χ3n) is 5.24. The molecular formula is C20H23Cl2N3O5. The number of aliphatic hydroxyl groups excluding tert-OH is 1. The van der Waals surface area contributed by atoms with Crippen LogP contribution in [0, 0.1) is 0 Å². The number of aryl methyl sites for hydroxylation is 1. The summed E-state index contributed by atoms with van der Waals surface area (Å²) in [6.07, 6.45) is -0.294. The minimum atomic E-state index is -0.890. The zero-order chi connectivity index (χ0) is 22.0. The predicted octanol–water partition coefficient (Wildman–Crippen LogP) is 1.97. The number of H-pyrrole nitrogens is 1. The van der Waals surface area contributed by atoms with Gasteiger partial charge in [-0.3, -0.25) is 19.1 Å². The first kappa shape index (κ1) is 22.6. The van der Waals surface area contributed by atoms with Crippen molar-refractivity contribution in [1.82, 2.24) is 14.9 Å². The maximum absolute atomic E-state index is 12.6. The SMILES string of the molecule is CCc1cn([C@@H]2CC(O)[C@H](CNC(=O)[C@@H](C)c3c(Cl)cccc3Cl)O2)c(=O)[nH]c1=O. The number of carbonyl (C=O) groups is 1. The van der Waals surface area contributed by atoms with Gasteiger partial charge in [0.25, 0.3) is 5.56 Å². The van der Waals surface area contributed by atoms with Crippen LogP contribution in [0.25, 0.3) is 0 Å². The monoisotopic (exact) mass is 455 g/mol. The number of ether oxygens (including phenoxy) is 1. The lowest BCUT2D eigenvalue weighted by Crippen LogP contribution is -2.39. The van der Waals surface area contributed by atoms with Gasteiger partial charge in [0.1, 0.15) is 12.3 Å². The van der Waals surface area contributed by atoms with E-state index in [0.29, 0.717) is 27.6 Å². The van der Waals surface area contributed by atoms with Gasteiger partial charge in [-0.15, -0.1) is 0 Å². The topological polar surface area (TPSA) is 113 Å². The normalized spacial score (nSPS) is 22.1. The lowest BCUT2D eigenvalue weighted by Gasteiger charge is -2.19. The fourth-order valence-corrected chi connectivity index (χ4v) is 4.20. The number of amides is 1. The van der Waals surface area contributed by atoms with Crippen LogP contribution in [-0.4, -0.2) is 39.3 Å². The first-order valence-electron chi connectivity index (χ1n) is 9.62. The van der Waals surface area contributed by atoms with Gasteiger partial charge in [-0.2, -0.15) is 0 Å². The molecule has 0 radical (unpaired) electrons. The molecule has 10 heteroatoms.